The summed E-state index contributed by atoms with van der Waals surface area (Å²) in [6.07, 6.45) is -0.255. The Hall–Kier alpha value is -3.90. The van der Waals surface area contributed by atoms with Crippen molar-refractivity contribution < 1.29 is 18.7 Å². The number of anilines is 4. The van der Waals surface area contributed by atoms with Crippen LogP contribution in [-0.2, 0) is 14.3 Å². The molecule has 0 aliphatic carbocycles. The average Bonchev–Trinajstić information content (AvgIpc) is 3.09. The first-order valence-electron chi connectivity index (χ1n) is 11.1. The van der Waals surface area contributed by atoms with E-state index in [0.29, 0.717) is 43.5 Å². The predicted molar refractivity (Wildman–Crippen MR) is 128 cm³/mol. The highest BCUT2D eigenvalue weighted by molar-refractivity contribution is 6.04. The van der Waals surface area contributed by atoms with E-state index in [-0.39, 0.29) is 18.4 Å². The van der Waals surface area contributed by atoms with Crippen molar-refractivity contribution in [1.29, 1.82) is 5.26 Å². The zero-order valence-corrected chi connectivity index (χ0v) is 19.2. The van der Waals surface area contributed by atoms with Crippen molar-refractivity contribution >= 4 is 34.4 Å². The van der Waals surface area contributed by atoms with Crippen LogP contribution in [0.3, 0.4) is 0 Å². The molecule has 2 aromatic rings. The van der Waals surface area contributed by atoms with Gasteiger partial charge in [-0.2, -0.15) is 5.26 Å². The van der Waals surface area contributed by atoms with Gasteiger partial charge in [-0.3, -0.25) is 9.59 Å². The van der Waals surface area contributed by atoms with Crippen molar-refractivity contribution in [2.24, 2.45) is 0 Å². The van der Waals surface area contributed by atoms with Crippen LogP contribution < -0.4 is 20.0 Å². The minimum atomic E-state index is -0.431. The molecule has 0 atom stereocenters. The molecule has 1 saturated heterocycles. The molecule has 176 valence electrons. The molecule has 0 bridgehead atoms. The average molecular weight is 464 g/mol. The van der Waals surface area contributed by atoms with Crippen molar-refractivity contribution in [3.63, 3.8) is 0 Å². The Morgan fingerprint density at radius 3 is 2.26 bits per heavy atom. The molecule has 1 N–H and O–H groups in total. The minimum absolute atomic E-state index is 0.00471. The van der Waals surface area contributed by atoms with Gasteiger partial charge >= 0.3 is 0 Å². The molecule has 0 aromatic heterocycles. The summed E-state index contributed by atoms with van der Waals surface area (Å²) < 4.78 is 19.9. The van der Waals surface area contributed by atoms with E-state index in [0.717, 1.165) is 11.4 Å². The van der Waals surface area contributed by atoms with E-state index in [1.165, 1.54) is 6.07 Å². The van der Waals surface area contributed by atoms with Crippen LogP contribution in [0.2, 0.25) is 0 Å². The van der Waals surface area contributed by atoms with E-state index in [9.17, 15) is 19.2 Å². The zero-order chi connectivity index (χ0) is 24.2. The van der Waals surface area contributed by atoms with Gasteiger partial charge in [-0.05, 0) is 30.3 Å². The molecule has 2 heterocycles. The summed E-state index contributed by atoms with van der Waals surface area (Å²) in [6.45, 7) is 2.31. The molecule has 0 spiro atoms. The Morgan fingerprint density at radius 2 is 1.68 bits per heavy atom. The van der Waals surface area contributed by atoms with Crippen molar-refractivity contribution in [2.45, 2.75) is 12.8 Å². The van der Waals surface area contributed by atoms with Crippen LogP contribution in [-0.4, -0.2) is 52.1 Å². The Kier molecular flexibility index (Phi) is 6.80. The Morgan fingerprint density at radius 1 is 1.03 bits per heavy atom. The van der Waals surface area contributed by atoms with Crippen molar-refractivity contribution in [1.82, 2.24) is 0 Å². The third-order valence-corrected chi connectivity index (χ3v) is 6.02. The number of ether oxygens (including phenoxy) is 1. The summed E-state index contributed by atoms with van der Waals surface area (Å²) in [4.78, 5) is 30.8. The largest absolute Gasteiger partial charge is 0.378 e. The standard InChI is InChI=1S/C25H26FN5O3/c1-29-21-5-3-4-6-22(21)30(2)25(29)18(16-27)23(32)9-10-24(33)28-17-7-8-20(19(26)15-17)31-11-13-34-14-12-31/h3-8,15H,9-14H2,1-2H3,(H,28,33). The molecule has 2 aliphatic rings. The number of allylic oxidation sites excluding steroid dienone is 1. The number of para-hydroxylation sites is 2. The third kappa shape index (κ3) is 4.58. The lowest BCUT2D eigenvalue weighted by Crippen LogP contribution is -2.36. The highest BCUT2D eigenvalue weighted by atomic mass is 19.1. The number of Topliss-reactive ketones (excluding diaryl/α,β-unsaturated/α-hetero) is 1. The first-order chi connectivity index (χ1) is 16.4. The van der Waals surface area contributed by atoms with Crippen LogP contribution in [0.4, 0.5) is 27.1 Å². The summed E-state index contributed by atoms with van der Waals surface area (Å²) >= 11 is 0. The topological polar surface area (TPSA) is 88.9 Å². The van der Waals surface area contributed by atoms with Gasteiger partial charge in [-0.25, -0.2) is 4.39 Å². The van der Waals surface area contributed by atoms with Crippen molar-refractivity contribution in [3.05, 3.63) is 59.7 Å². The number of morpholine rings is 1. The van der Waals surface area contributed by atoms with Crippen molar-refractivity contribution in [3.8, 4) is 6.07 Å². The summed E-state index contributed by atoms with van der Waals surface area (Å²) in [7, 11) is 3.59. The van der Waals surface area contributed by atoms with Gasteiger partial charge in [-0.15, -0.1) is 0 Å². The monoisotopic (exact) mass is 463 g/mol. The van der Waals surface area contributed by atoms with Crippen LogP contribution in [0.15, 0.2) is 53.9 Å². The highest BCUT2D eigenvalue weighted by Crippen LogP contribution is 2.40. The quantitative estimate of drug-likeness (QED) is 0.520. The molecule has 0 unspecified atom stereocenters. The molecular weight excluding hydrogens is 437 g/mol. The van der Waals surface area contributed by atoms with Gasteiger partial charge in [0.05, 0.1) is 30.3 Å². The second-order valence-electron chi connectivity index (χ2n) is 8.15. The van der Waals surface area contributed by atoms with Crippen LogP contribution in [0.5, 0.6) is 0 Å². The predicted octanol–water partition coefficient (Wildman–Crippen LogP) is 3.27. The number of carbonyl (C=O) groups is 2. The summed E-state index contributed by atoms with van der Waals surface area (Å²) in [5.74, 6) is -0.799. The minimum Gasteiger partial charge on any atom is -0.378 e. The van der Waals surface area contributed by atoms with Gasteiger partial charge < -0.3 is 24.8 Å². The molecule has 1 amide bonds. The van der Waals surface area contributed by atoms with E-state index in [2.05, 4.69) is 5.32 Å². The molecule has 0 radical (unpaired) electrons. The van der Waals surface area contributed by atoms with Crippen LogP contribution in [0, 0.1) is 17.1 Å². The maximum atomic E-state index is 14.6. The molecule has 4 rings (SSSR count). The van der Waals surface area contributed by atoms with Gasteiger partial charge in [-0.1, -0.05) is 12.1 Å². The van der Waals surface area contributed by atoms with E-state index in [4.69, 9.17) is 4.74 Å². The fraction of sp³-hybridized carbons (Fsp3) is 0.320. The van der Waals surface area contributed by atoms with Gasteiger partial charge in [0, 0.05) is 45.7 Å². The summed E-state index contributed by atoms with van der Waals surface area (Å²) in [5, 5.41) is 12.3. The number of halogens is 1. The fourth-order valence-corrected chi connectivity index (χ4v) is 4.28. The molecule has 34 heavy (non-hydrogen) atoms. The zero-order valence-electron chi connectivity index (χ0n) is 19.2. The number of benzene rings is 2. The number of hydrogen-bond donors (Lipinski definition) is 1. The fourth-order valence-electron chi connectivity index (χ4n) is 4.28. The molecule has 0 saturated carbocycles. The van der Waals surface area contributed by atoms with Gasteiger partial charge in [0.25, 0.3) is 0 Å². The number of ketones is 1. The van der Waals surface area contributed by atoms with E-state index >= 15 is 0 Å². The molecular formula is C25H26FN5O3. The van der Waals surface area contributed by atoms with Gasteiger partial charge in [0.2, 0.25) is 5.91 Å². The van der Waals surface area contributed by atoms with E-state index < -0.39 is 17.5 Å². The number of amides is 1. The normalized spacial score (nSPS) is 15.1. The van der Waals surface area contributed by atoms with Crippen molar-refractivity contribution in [2.75, 3.05) is 60.4 Å². The Labute approximate surface area is 197 Å². The lowest BCUT2D eigenvalue weighted by Gasteiger charge is -2.29. The first kappa shape index (κ1) is 23.3. The summed E-state index contributed by atoms with van der Waals surface area (Å²) in [6, 6.07) is 14.1. The maximum absolute atomic E-state index is 14.6. The Bertz CT molecular complexity index is 1150. The second-order valence-corrected chi connectivity index (χ2v) is 8.15. The number of carbonyl (C=O) groups excluding carboxylic acids is 2. The van der Waals surface area contributed by atoms with Crippen LogP contribution in [0.1, 0.15) is 12.8 Å². The SMILES string of the molecule is CN1C(=C(C#N)C(=O)CCC(=O)Nc2ccc(N3CCOCC3)c(F)c2)N(C)c2ccccc21. The third-order valence-electron chi connectivity index (χ3n) is 6.02. The maximum Gasteiger partial charge on any atom is 0.224 e. The number of nitrogens with zero attached hydrogens (tertiary/aromatic N) is 4. The lowest BCUT2D eigenvalue weighted by molar-refractivity contribution is -0.120. The number of nitrogens with one attached hydrogen (secondary N) is 1. The lowest BCUT2D eigenvalue weighted by atomic mass is 10.1. The van der Waals surface area contributed by atoms with E-state index in [1.807, 2.05) is 35.2 Å². The number of nitriles is 1. The first-order valence-corrected chi connectivity index (χ1v) is 11.1. The van der Waals surface area contributed by atoms with E-state index in [1.54, 1.807) is 36.0 Å². The molecule has 9 heteroatoms. The number of hydrogen-bond acceptors (Lipinski definition) is 7. The summed E-state index contributed by atoms with van der Waals surface area (Å²) in [5.41, 5.74) is 2.56. The molecule has 2 aromatic carbocycles. The van der Waals surface area contributed by atoms with Crippen LogP contribution >= 0.6 is 0 Å². The van der Waals surface area contributed by atoms with Crippen LogP contribution in [0.25, 0.3) is 0 Å². The molecule has 2 aliphatic heterocycles. The smallest absolute Gasteiger partial charge is 0.224 e. The highest BCUT2D eigenvalue weighted by Gasteiger charge is 2.31. The van der Waals surface area contributed by atoms with Gasteiger partial charge in [0.15, 0.2) is 5.78 Å². The van der Waals surface area contributed by atoms with Gasteiger partial charge in [0.1, 0.15) is 23.3 Å². The number of fused-ring (bicyclic) bond motifs is 1. The second kappa shape index (κ2) is 9.93. The Balaban J connectivity index is 1.39. The molecule has 8 nitrogen and oxygen atoms in total. The number of rotatable bonds is 6. The molecule has 1 fully saturated rings.